The fourth-order valence-electron chi connectivity index (χ4n) is 1.91. The van der Waals surface area contributed by atoms with Crippen LogP contribution in [-0.4, -0.2) is 22.4 Å². The summed E-state index contributed by atoms with van der Waals surface area (Å²) in [7, 11) is 0. The average Bonchev–Trinajstić information content (AvgIpc) is 2.39. The second-order valence-corrected chi connectivity index (χ2v) is 4.97. The first kappa shape index (κ1) is 16.3. The summed E-state index contributed by atoms with van der Waals surface area (Å²) in [5.41, 5.74) is -0.848. The third-order valence-corrected chi connectivity index (χ3v) is 3.40. The molecule has 2 unspecified atom stereocenters. The minimum Gasteiger partial charge on any atom is -0.372 e. The molecule has 0 amide bonds. The van der Waals surface area contributed by atoms with Gasteiger partial charge in [0, 0.05) is 24.6 Å². The molecule has 0 aromatic heterocycles. The van der Waals surface area contributed by atoms with E-state index in [1.54, 1.807) is 6.92 Å². The Labute approximate surface area is 118 Å². The zero-order valence-electron chi connectivity index (χ0n) is 11.9. The van der Waals surface area contributed by atoms with E-state index in [1.165, 1.54) is 31.2 Å². The molecule has 0 bridgehead atoms. The Balaban J connectivity index is 2.77. The van der Waals surface area contributed by atoms with Crippen LogP contribution in [0.25, 0.3) is 0 Å². The number of benzene rings is 1. The third kappa shape index (κ3) is 4.11. The molecule has 2 atom stereocenters. The number of hydrogen-bond acceptors (Lipinski definition) is 5. The number of hydrogen-bond donors (Lipinski definition) is 2. The highest BCUT2D eigenvalue weighted by atomic mass is 16.6. The lowest BCUT2D eigenvalue weighted by Gasteiger charge is -2.27. The first-order valence-corrected chi connectivity index (χ1v) is 6.50. The van der Waals surface area contributed by atoms with Crippen LogP contribution in [0.1, 0.15) is 32.8 Å². The Morgan fingerprint density at radius 2 is 2.00 bits per heavy atom. The maximum Gasteiger partial charge on any atom is 0.269 e. The van der Waals surface area contributed by atoms with Crippen LogP contribution in [0.2, 0.25) is 0 Å². The second-order valence-electron chi connectivity index (χ2n) is 4.97. The fraction of sp³-hybridized carbons (Fsp3) is 0.500. The van der Waals surface area contributed by atoms with Gasteiger partial charge in [-0.15, -0.1) is 0 Å². The van der Waals surface area contributed by atoms with Crippen molar-refractivity contribution in [1.82, 2.24) is 5.32 Å². The van der Waals surface area contributed by atoms with Crippen molar-refractivity contribution in [3.8, 4) is 0 Å². The number of nitrogens with one attached hydrogen (secondary N) is 1. The number of carbonyl (C=O) groups is 1. The van der Waals surface area contributed by atoms with Gasteiger partial charge in [0.1, 0.15) is 11.5 Å². The predicted octanol–water partition coefficient (Wildman–Crippen LogP) is 1.96. The van der Waals surface area contributed by atoms with E-state index in [9.17, 15) is 20.0 Å². The molecule has 1 rings (SSSR count). The van der Waals surface area contributed by atoms with Gasteiger partial charge < -0.3 is 5.11 Å². The van der Waals surface area contributed by atoms with E-state index in [-0.39, 0.29) is 17.4 Å². The van der Waals surface area contributed by atoms with E-state index in [0.717, 1.165) is 0 Å². The molecule has 0 saturated carbocycles. The molecule has 0 saturated heterocycles. The van der Waals surface area contributed by atoms with Crippen molar-refractivity contribution in [2.75, 3.05) is 6.54 Å². The van der Waals surface area contributed by atoms with Gasteiger partial charge in [-0.25, -0.2) is 0 Å². The minimum absolute atomic E-state index is 0.0280. The van der Waals surface area contributed by atoms with Crippen molar-refractivity contribution in [2.24, 2.45) is 5.92 Å². The highest BCUT2D eigenvalue weighted by Gasteiger charge is 2.25. The molecule has 6 nitrogen and oxygen atoms in total. The molecule has 6 heteroatoms. The highest BCUT2D eigenvalue weighted by Crippen LogP contribution is 2.21. The van der Waals surface area contributed by atoms with Crippen LogP contribution in [0.5, 0.6) is 0 Å². The Morgan fingerprint density at radius 3 is 2.40 bits per heavy atom. The number of rotatable bonds is 7. The quantitative estimate of drug-likeness (QED) is 0.452. The van der Waals surface area contributed by atoms with Crippen LogP contribution in [0.15, 0.2) is 24.3 Å². The number of nitro groups is 1. The monoisotopic (exact) mass is 280 g/mol. The maximum atomic E-state index is 11.4. The maximum absolute atomic E-state index is 11.4. The molecule has 0 aliphatic carbocycles. The van der Waals surface area contributed by atoms with Crippen molar-refractivity contribution in [2.45, 2.75) is 32.9 Å². The van der Waals surface area contributed by atoms with Crippen molar-refractivity contribution in [1.29, 1.82) is 0 Å². The van der Waals surface area contributed by atoms with Crippen molar-refractivity contribution in [3.63, 3.8) is 0 Å². The number of aliphatic hydroxyl groups is 1. The summed E-state index contributed by atoms with van der Waals surface area (Å²) in [6.07, 6.45) is 0.693. The Bertz CT molecular complexity index is 482. The van der Waals surface area contributed by atoms with Crippen LogP contribution in [0.4, 0.5) is 5.69 Å². The van der Waals surface area contributed by atoms with Gasteiger partial charge in [-0.3, -0.25) is 20.2 Å². The molecule has 0 heterocycles. The molecule has 0 spiro atoms. The zero-order valence-corrected chi connectivity index (χ0v) is 11.9. The van der Waals surface area contributed by atoms with E-state index in [2.05, 4.69) is 5.32 Å². The number of non-ortho nitro benzene ring substituents is 1. The molecule has 20 heavy (non-hydrogen) atoms. The van der Waals surface area contributed by atoms with Crippen LogP contribution < -0.4 is 5.32 Å². The summed E-state index contributed by atoms with van der Waals surface area (Å²) >= 11 is 0. The summed E-state index contributed by atoms with van der Waals surface area (Å²) in [4.78, 5) is 21.4. The molecular weight excluding hydrogens is 260 g/mol. The second kappa shape index (κ2) is 6.58. The lowest BCUT2D eigenvalue weighted by atomic mass is 9.99. The minimum atomic E-state index is -1.34. The molecule has 1 aromatic carbocycles. The first-order valence-electron chi connectivity index (χ1n) is 6.50. The molecule has 1 aromatic rings. The van der Waals surface area contributed by atoms with Gasteiger partial charge in [-0.05, 0) is 38.0 Å². The predicted molar refractivity (Wildman–Crippen MR) is 75.1 cm³/mol. The molecular formula is C14H20N2O4. The van der Waals surface area contributed by atoms with E-state index in [4.69, 9.17) is 0 Å². The average molecular weight is 280 g/mol. The lowest BCUT2D eigenvalue weighted by molar-refractivity contribution is -0.384. The van der Waals surface area contributed by atoms with Crippen LogP contribution in [0, 0.1) is 16.0 Å². The van der Waals surface area contributed by atoms with Gasteiger partial charge >= 0.3 is 0 Å². The number of ketones is 1. The lowest BCUT2D eigenvalue weighted by Crippen LogP contribution is -2.43. The number of nitro benzene ring substituents is 1. The largest absolute Gasteiger partial charge is 0.372 e. The van der Waals surface area contributed by atoms with E-state index >= 15 is 0 Å². The Kier molecular flexibility index (Phi) is 5.35. The van der Waals surface area contributed by atoms with Gasteiger partial charge in [0.2, 0.25) is 0 Å². The molecule has 0 aliphatic rings. The standard InChI is InChI=1S/C14H20N2O4/c1-4-11(10(2)17)9-15-14(3,18)12-5-7-13(8-6-12)16(19)20/h5-8,11,15,18H,4,9H2,1-3H3. The van der Waals surface area contributed by atoms with Crippen molar-refractivity contribution < 1.29 is 14.8 Å². The molecule has 0 aliphatic heterocycles. The summed E-state index contributed by atoms with van der Waals surface area (Å²) in [5, 5.41) is 23.9. The molecule has 2 N–H and O–H groups in total. The summed E-state index contributed by atoms with van der Waals surface area (Å²) in [6, 6.07) is 5.68. The first-order chi connectivity index (χ1) is 9.27. The summed E-state index contributed by atoms with van der Waals surface area (Å²) in [5.74, 6) is -0.0842. The van der Waals surface area contributed by atoms with Gasteiger partial charge in [-0.1, -0.05) is 6.92 Å². The Morgan fingerprint density at radius 1 is 1.45 bits per heavy atom. The van der Waals surface area contributed by atoms with Crippen LogP contribution in [-0.2, 0) is 10.5 Å². The smallest absolute Gasteiger partial charge is 0.269 e. The van der Waals surface area contributed by atoms with Gasteiger partial charge in [-0.2, -0.15) is 0 Å². The molecule has 110 valence electrons. The van der Waals surface area contributed by atoms with Gasteiger partial charge in [0.15, 0.2) is 0 Å². The summed E-state index contributed by atoms with van der Waals surface area (Å²) in [6.45, 7) is 5.35. The van der Waals surface area contributed by atoms with Crippen molar-refractivity contribution >= 4 is 11.5 Å². The number of carbonyl (C=O) groups excluding carboxylic acids is 1. The summed E-state index contributed by atoms with van der Waals surface area (Å²) < 4.78 is 0. The van der Waals surface area contributed by atoms with Gasteiger partial charge in [0.05, 0.1) is 4.92 Å². The zero-order chi connectivity index (χ0) is 15.3. The Hall–Kier alpha value is -1.79. The third-order valence-electron chi connectivity index (χ3n) is 3.40. The van der Waals surface area contributed by atoms with E-state index in [1.807, 2.05) is 6.92 Å². The molecule has 0 fully saturated rings. The van der Waals surface area contributed by atoms with Crippen LogP contribution in [0.3, 0.4) is 0 Å². The SMILES string of the molecule is CCC(CNC(C)(O)c1ccc([N+](=O)[O-])cc1)C(C)=O. The van der Waals surface area contributed by atoms with Crippen LogP contribution >= 0.6 is 0 Å². The topological polar surface area (TPSA) is 92.5 Å². The van der Waals surface area contributed by atoms with E-state index < -0.39 is 10.6 Å². The highest BCUT2D eigenvalue weighted by molar-refractivity contribution is 5.78. The normalized spacial score (nSPS) is 15.4. The van der Waals surface area contributed by atoms with Gasteiger partial charge in [0.25, 0.3) is 5.69 Å². The van der Waals surface area contributed by atoms with Crippen molar-refractivity contribution in [3.05, 3.63) is 39.9 Å². The fourth-order valence-corrected chi connectivity index (χ4v) is 1.91. The molecule has 0 radical (unpaired) electrons. The number of nitrogens with zero attached hydrogens (tertiary/aromatic N) is 1. The van der Waals surface area contributed by atoms with E-state index in [0.29, 0.717) is 18.5 Å². The number of Topliss-reactive ketones (excluding diaryl/α,β-unsaturated/α-hetero) is 1.